The van der Waals surface area contributed by atoms with Gasteiger partial charge in [-0.3, -0.25) is 0 Å². The Morgan fingerprint density at radius 3 is 2.29 bits per heavy atom. The Hall–Kier alpha value is -4.47. The van der Waals surface area contributed by atoms with E-state index in [1.54, 1.807) is 0 Å². The van der Waals surface area contributed by atoms with E-state index in [1.807, 2.05) is 11.8 Å². The molecular formula is C39H31NOS. The first-order valence-electron chi connectivity index (χ1n) is 14.6. The van der Waals surface area contributed by atoms with E-state index < -0.39 is 0 Å². The minimum atomic E-state index is -0.125. The summed E-state index contributed by atoms with van der Waals surface area (Å²) in [6.07, 6.45) is 4.38. The molecule has 2 aliphatic heterocycles. The lowest BCUT2D eigenvalue weighted by Gasteiger charge is -2.38. The van der Waals surface area contributed by atoms with Crippen LogP contribution in [0.3, 0.4) is 0 Å². The highest BCUT2D eigenvalue weighted by Gasteiger charge is 2.36. The minimum absolute atomic E-state index is 0.125. The predicted octanol–water partition coefficient (Wildman–Crippen LogP) is 11.7. The van der Waals surface area contributed by atoms with Crippen molar-refractivity contribution in [2.45, 2.75) is 42.9 Å². The van der Waals surface area contributed by atoms with Crippen LogP contribution in [-0.2, 0) is 5.41 Å². The second-order valence-electron chi connectivity index (χ2n) is 11.8. The van der Waals surface area contributed by atoms with Crippen molar-refractivity contribution >= 4 is 56.4 Å². The van der Waals surface area contributed by atoms with Crippen molar-refractivity contribution in [1.82, 2.24) is 0 Å². The predicted molar refractivity (Wildman–Crippen MR) is 178 cm³/mol. The highest BCUT2D eigenvalue weighted by atomic mass is 32.2. The maximum atomic E-state index is 6.64. The van der Waals surface area contributed by atoms with E-state index in [1.165, 1.54) is 53.6 Å². The van der Waals surface area contributed by atoms with E-state index in [2.05, 4.69) is 148 Å². The second kappa shape index (κ2) is 9.27. The molecule has 0 unspecified atom stereocenters. The van der Waals surface area contributed by atoms with Crippen LogP contribution in [0.4, 0.5) is 17.1 Å². The smallest absolute Gasteiger partial charge is 0.151 e. The summed E-state index contributed by atoms with van der Waals surface area (Å²) in [5.74, 6) is 1.76. The molecule has 0 aliphatic carbocycles. The standard InChI is InChI=1S/C39H31NOS/c1-5-12-26-24(2)27-13-6-7-14-28(27)30-21-25(19-20-29(26)30)40-33-16-9-10-17-35(33)41-36-22-32-38(23-34(36)40)42-37-18-11-8-15-31(37)39(32,3)4/h5-23H,1-4H3. The third-order valence-corrected chi connectivity index (χ3v) is 10.1. The first-order valence-corrected chi connectivity index (χ1v) is 15.4. The molecule has 0 amide bonds. The highest BCUT2D eigenvalue weighted by molar-refractivity contribution is 7.99. The van der Waals surface area contributed by atoms with Crippen LogP contribution >= 0.6 is 11.8 Å². The van der Waals surface area contributed by atoms with Crippen LogP contribution in [0.15, 0.2) is 119 Å². The molecule has 0 fully saturated rings. The molecule has 0 bridgehead atoms. The summed E-state index contributed by atoms with van der Waals surface area (Å²) in [6.45, 7) is 8.98. The molecule has 8 rings (SSSR count). The largest absolute Gasteiger partial charge is 0.453 e. The molecule has 0 spiro atoms. The van der Waals surface area contributed by atoms with Crippen molar-refractivity contribution in [3.8, 4) is 11.5 Å². The van der Waals surface area contributed by atoms with Crippen LogP contribution in [0, 0.1) is 6.92 Å². The molecule has 0 atom stereocenters. The normalized spacial score (nSPS) is 14.8. The first kappa shape index (κ1) is 25.3. The number of nitrogens with zero attached hydrogens (tertiary/aromatic N) is 1. The van der Waals surface area contributed by atoms with Crippen LogP contribution in [0.2, 0.25) is 0 Å². The Labute approximate surface area is 251 Å². The van der Waals surface area contributed by atoms with Crippen molar-refractivity contribution < 1.29 is 4.74 Å². The van der Waals surface area contributed by atoms with E-state index in [4.69, 9.17) is 4.74 Å². The maximum absolute atomic E-state index is 6.64. The summed E-state index contributed by atoms with van der Waals surface area (Å²) >= 11 is 1.86. The van der Waals surface area contributed by atoms with Crippen LogP contribution in [0.1, 0.15) is 43.0 Å². The zero-order chi connectivity index (χ0) is 28.6. The second-order valence-corrected chi connectivity index (χ2v) is 12.8. The summed E-state index contributed by atoms with van der Waals surface area (Å²) in [6, 6.07) is 37.5. The number of hydrogen-bond acceptors (Lipinski definition) is 3. The topological polar surface area (TPSA) is 12.5 Å². The van der Waals surface area contributed by atoms with Gasteiger partial charge in [0.05, 0.1) is 11.4 Å². The molecule has 2 heterocycles. The summed E-state index contributed by atoms with van der Waals surface area (Å²) in [5.41, 5.74) is 8.39. The molecule has 42 heavy (non-hydrogen) atoms. The summed E-state index contributed by atoms with van der Waals surface area (Å²) in [5, 5.41) is 5.11. The third-order valence-electron chi connectivity index (χ3n) is 8.99. The van der Waals surface area contributed by atoms with Crippen molar-refractivity contribution in [2.75, 3.05) is 4.90 Å². The fourth-order valence-corrected chi connectivity index (χ4v) is 8.28. The lowest BCUT2D eigenvalue weighted by atomic mass is 9.77. The number of rotatable bonds is 2. The Kier molecular flexibility index (Phi) is 5.57. The number of allylic oxidation sites excluding steroid dienone is 1. The van der Waals surface area contributed by atoms with Gasteiger partial charge in [0.15, 0.2) is 11.5 Å². The summed E-state index contributed by atoms with van der Waals surface area (Å²) in [4.78, 5) is 4.98. The lowest BCUT2D eigenvalue weighted by molar-refractivity contribution is 0.472. The van der Waals surface area contributed by atoms with Crippen LogP contribution in [-0.4, -0.2) is 0 Å². The monoisotopic (exact) mass is 561 g/mol. The summed E-state index contributed by atoms with van der Waals surface area (Å²) < 4.78 is 6.64. The molecule has 2 aliphatic rings. The number of anilines is 3. The van der Waals surface area contributed by atoms with Gasteiger partial charge in [-0.25, -0.2) is 0 Å². The Bertz CT molecular complexity index is 2100. The van der Waals surface area contributed by atoms with Crippen LogP contribution < -0.4 is 9.64 Å². The molecule has 204 valence electrons. The Balaban J connectivity index is 1.38. The van der Waals surface area contributed by atoms with E-state index in [-0.39, 0.29) is 5.41 Å². The third kappa shape index (κ3) is 3.60. The molecule has 2 nitrogen and oxygen atoms in total. The number of aryl methyl sites for hydroxylation is 1. The molecule has 0 saturated heterocycles. The van der Waals surface area contributed by atoms with Gasteiger partial charge in [-0.05, 0) is 100 Å². The minimum Gasteiger partial charge on any atom is -0.453 e. The van der Waals surface area contributed by atoms with Gasteiger partial charge in [0.2, 0.25) is 0 Å². The molecule has 0 aromatic heterocycles. The van der Waals surface area contributed by atoms with Crippen LogP contribution in [0.5, 0.6) is 11.5 Å². The van der Waals surface area contributed by atoms with Gasteiger partial charge in [0.25, 0.3) is 0 Å². The molecule has 0 N–H and O–H groups in total. The number of hydrogen-bond donors (Lipinski definition) is 0. The SMILES string of the molecule is CC=Cc1c(C)c2ccccc2c2cc(N3c4ccccc4Oc4cc5c(cc43)Sc3ccccc3C5(C)C)ccc12. The first-order chi connectivity index (χ1) is 20.5. The fraction of sp³-hybridized carbons (Fsp3) is 0.128. The maximum Gasteiger partial charge on any atom is 0.151 e. The number of fused-ring (bicyclic) bond motifs is 7. The van der Waals surface area contributed by atoms with Crippen molar-refractivity contribution in [3.05, 3.63) is 131 Å². The van der Waals surface area contributed by atoms with E-state index in [9.17, 15) is 0 Å². The van der Waals surface area contributed by atoms with Gasteiger partial charge in [-0.15, -0.1) is 0 Å². The quantitative estimate of drug-likeness (QED) is 0.195. The van der Waals surface area contributed by atoms with Gasteiger partial charge >= 0.3 is 0 Å². The highest BCUT2D eigenvalue weighted by Crippen LogP contribution is 2.57. The van der Waals surface area contributed by atoms with Crippen molar-refractivity contribution in [1.29, 1.82) is 0 Å². The van der Waals surface area contributed by atoms with Crippen LogP contribution in [0.25, 0.3) is 27.6 Å². The van der Waals surface area contributed by atoms with Crippen molar-refractivity contribution in [3.63, 3.8) is 0 Å². The molecular weight excluding hydrogens is 531 g/mol. The molecule has 0 saturated carbocycles. The van der Waals surface area contributed by atoms with Gasteiger partial charge < -0.3 is 9.64 Å². The van der Waals surface area contributed by atoms with Crippen molar-refractivity contribution in [2.24, 2.45) is 0 Å². The van der Waals surface area contributed by atoms with Gasteiger partial charge in [-0.1, -0.05) is 98.4 Å². The van der Waals surface area contributed by atoms with Gasteiger partial charge in [0, 0.05) is 20.9 Å². The molecule has 3 heteroatoms. The molecule has 0 radical (unpaired) electrons. The average Bonchev–Trinajstić information content (AvgIpc) is 3.01. The summed E-state index contributed by atoms with van der Waals surface area (Å²) in [7, 11) is 0. The number of para-hydroxylation sites is 2. The number of ether oxygens (including phenoxy) is 1. The van der Waals surface area contributed by atoms with Gasteiger partial charge in [-0.2, -0.15) is 0 Å². The molecule has 6 aromatic carbocycles. The zero-order valence-corrected chi connectivity index (χ0v) is 25.0. The zero-order valence-electron chi connectivity index (χ0n) is 24.2. The average molecular weight is 562 g/mol. The molecule has 6 aromatic rings. The van der Waals surface area contributed by atoms with Gasteiger partial charge in [0.1, 0.15) is 0 Å². The van der Waals surface area contributed by atoms with E-state index >= 15 is 0 Å². The number of benzene rings is 6. The van der Waals surface area contributed by atoms with E-state index in [0.29, 0.717) is 0 Å². The Morgan fingerprint density at radius 2 is 1.43 bits per heavy atom. The lowest BCUT2D eigenvalue weighted by Crippen LogP contribution is -2.25. The Morgan fingerprint density at radius 1 is 0.667 bits per heavy atom. The van der Waals surface area contributed by atoms with E-state index in [0.717, 1.165) is 28.6 Å². The fourth-order valence-electron chi connectivity index (χ4n) is 6.87.